The van der Waals surface area contributed by atoms with Crippen LogP contribution in [-0.4, -0.2) is 21.0 Å². The number of carbonyl (C=O) groups excluding carboxylic acids is 1. The zero-order valence-corrected chi connectivity index (χ0v) is 14.5. The van der Waals surface area contributed by atoms with Crippen molar-refractivity contribution < 1.29 is 22.1 Å². The van der Waals surface area contributed by atoms with E-state index in [2.05, 4.69) is 0 Å². The summed E-state index contributed by atoms with van der Waals surface area (Å²) in [4.78, 5) is 11.9. The van der Waals surface area contributed by atoms with E-state index < -0.39 is 16.1 Å². The molecule has 0 spiro atoms. The highest BCUT2D eigenvalue weighted by atomic mass is 32.2. The first-order valence-corrected chi connectivity index (χ1v) is 9.11. The van der Waals surface area contributed by atoms with E-state index in [1.165, 1.54) is 36.4 Å². The Morgan fingerprint density at radius 3 is 2.21 bits per heavy atom. The molecule has 2 rings (SSSR count). The molecule has 0 aliphatic rings. The van der Waals surface area contributed by atoms with Crippen LogP contribution in [0, 0.1) is 6.92 Å². The van der Waals surface area contributed by atoms with Gasteiger partial charge < -0.3 is 8.92 Å². The molecule has 0 bridgehead atoms. The van der Waals surface area contributed by atoms with Gasteiger partial charge >= 0.3 is 16.1 Å². The lowest BCUT2D eigenvalue weighted by Gasteiger charge is -2.08. The van der Waals surface area contributed by atoms with E-state index in [1.807, 2.05) is 13.8 Å². The lowest BCUT2D eigenvalue weighted by Crippen LogP contribution is -2.10. The van der Waals surface area contributed by atoms with Crippen LogP contribution in [0.3, 0.4) is 0 Å². The molecule has 128 valence electrons. The highest BCUT2D eigenvalue weighted by Crippen LogP contribution is 2.20. The second-order valence-corrected chi connectivity index (χ2v) is 6.91. The van der Waals surface area contributed by atoms with Crippen LogP contribution in [-0.2, 0) is 14.9 Å². The van der Waals surface area contributed by atoms with E-state index in [-0.39, 0.29) is 10.6 Å². The predicted molar refractivity (Wildman–Crippen MR) is 90.6 cm³/mol. The second kappa shape index (κ2) is 7.97. The molecule has 0 saturated carbocycles. The number of carbonyl (C=O) groups is 1. The average Bonchev–Trinajstić information content (AvgIpc) is 2.55. The van der Waals surface area contributed by atoms with Crippen LogP contribution in [0.1, 0.15) is 35.7 Å². The van der Waals surface area contributed by atoms with Crippen molar-refractivity contribution in [3.8, 4) is 5.75 Å². The monoisotopic (exact) mass is 348 g/mol. The Hall–Kier alpha value is -2.34. The largest absolute Gasteiger partial charge is 0.462 e. The maximum absolute atomic E-state index is 12.2. The topological polar surface area (TPSA) is 69.7 Å². The Morgan fingerprint density at radius 1 is 1.00 bits per heavy atom. The summed E-state index contributed by atoms with van der Waals surface area (Å²) in [6, 6.07) is 12.2. The van der Waals surface area contributed by atoms with Gasteiger partial charge in [-0.05, 0) is 49.7 Å². The summed E-state index contributed by atoms with van der Waals surface area (Å²) in [5.74, 6) is -0.294. The number of aryl methyl sites for hydroxylation is 1. The Bertz CT molecular complexity index is 777. The van der Waals surface area contributed by atoms with E-state index in [0.717, 1.165) is 18.4 Å². The number of esters is 1. The van der Waals surface area contributed by atoms with Crippen LogP contribution >= 0.6 is 0 Å². The third-order valence-electron chi connectivity index (χ3n) is 3.34. The molecule has 0 amide bonds. The summed E-state index contributed by atoms with van der Waals surface area (Å²) in [6.45, 7) is 4.25. The molecule has 5 nitrogen and oxygen atoms in total. The summed E-state index contributed by atoms with van der Waals surface area (Å²) in [5, 5.41) is 0. The number of unbranched alkanes of at least 4 members (excludes halogenated alkanes) is 1. The molecule has 0 heterocycles. The lowest BCUT2D eigenvalue weighted by molar-refractivity contribution is 0.0499. The van der Waals surface area contributed by atoms with E-state index in [1.54, 1.807) is 12.1 Å². The van der Waals surface area contributed by atoms with Crippen LogP contribution in [0.25, 0.3) is 0 Å². The summed E-state index contributed by atoms with van der Waals surface area (Å²) in [5.41, 5.74) is 1.31. The molecule has 24 heavy (non-hydrogen) atoms. The predicted octanol–water partition coefficient (Wildman–Crippen LogP) is 3.72. The van der Waals surface area contributed by atoms with Gasteiger partial charge in [0, 0.05) is 0 Å². The molecule has 0 N–H and O–H groups in total. The fourth-order valence-electron chi connectivity index (χ4n) is 1.92. The number of rotatable bonds is 7. The molecular formula is C18H20O5S. The minimum absolute atomic E-state index is 0.0798. The fourth-order valence-corrected chi connectivity index (χ4v) is 2.85. The Morgan fingerprint density at radius 2 is 1.62 bits per heavy atom. The van der Waals surface area contributed by atoms with Crippen molar-refractivity contribution in [2.45, 2.75) is 31.6 Å². The molecule has 0 atom stereocenters. The van der Waals surface area contributed by atoms with E-state index in [9.17, 15) is 13.2 Å². The van der Waals surface area contributed by atoms with Gasteiger partial charge in [0.05, 0.1) is 12.2 Å². The van der Waals surface area contributed by atoms with Gasteiger partial charge in [-0.25, -0.2) is 4.79 Å². The zero-order chi connectivity index (χ0) is 17.6. The van der Waals surface area contributed by atoms with E-state index in [4.69, 9.17) is 8.92 Å². The van der Waals surface area contributed by atoms with Crippen molar-refractivity contribution in [1.82, 2.24) is 0 Å². The van der Waals surface area contributed by atoms with E-state index in [0.29, 0.717) is 12.2 Å². The van der Waals surface area contributed by atoms with Crippen molar-refractivity contribution >= 4 is 16.1 Å². The lowest BCUT2D eigenvalue weighted by atomic mass is 10.2. The SMILES string of the molecule is CCCCOC(=O)c1ccc(OS(=O)(=O)c2ccc(C)cc2)cc1. The molecule has 2 aromatic carbocycles. The minimum atomic E-state index is -3.90. The Labute approximate surface area is 142 Å². The Balaban J connectivity index is 2.05. The molecule has 0 fully saturated rings. The van der Waals surface area contributed by atoms with Crippen molar-refractivity contribution in [1.29, 1.82) is 0 Å². The molecule has 0 unspecified atom stereocenters. The summed E-state index contributed by atoms with van der Waals surface area (Å²) in [6.07, 6.45) is 1.75. The third-order valence-corrected chi connectivity index (χ3v) is 4.60. The molecular weight excluding hydrogens is 328 g/mol. The van der Waals surface area contributed by atoms with E-state index >= 15 is 0 Å². The third kappa shape index (κ3) is 4.83. The van der Waals surface area contributed by atoms with Crippen molar-refractivity contribution in [2.75, 3.05) is 6.61 Å². The van der Waals surface area contributed by atoms with Gasteiger partial charge in [0.1, 0.15) is 10.6 Å². The summed E-state index contributed by atoms with van der Waals surface area (Å²) < 4.78 is 34.6. The Kier molecular flexibility index (Phi) is 5.98. The normalized spacial score (nSPS) is 11.1. The molecule has 6 heteroatoms. The van der Waals surface area contributed by atoms with Gasteiger partial charge in [0.25, 0.3) is 0 Å². The van der Waals surface area contributed by atoms with Crippen LogP contribution < -0.4 is 4.18 Å². The number of hydrogen-bond acceptors (Lipinski definition) is 5. The maximum atomic E-state index is 12.2. The molecule has 0 aliphatic carbocycles. The van der Waals surface area contributed by atoms with Crippen LogP contribution in [0.5, 0.6) is 5.75 Å². The first kappa shape index (κ1) is 18.0. The highest BCUT2D eigenvalue weighted by Gasteiger charge is 2.16. The maximum Gasteiger partial charge on any atom is 0.339 e. The fraction of sp³-hybridized carbons (Fsp3) is 0.278. The van der Waals surface area contributed by atoms with Crippen molar-refractivity contribution in [3.63, 3.8) is 0 Å². The molecule has 0 saturated heterocycles. The van der Waals surface area contributed by atoms with Gasteiger partial charge in [0.15, 0.2) is 0 Å². The van der Waals surface area contributed by atoms with Crippen molar-refractivity contribution in [2.24, 2.45) is 0 Å². The van der Waals surface area contributed by atoms with Crippen LogP contribution in [0.2, 0.25) is 0 Å². The van der Waals surface area contributed by atoms with Crippen LogP contribution in [0.4, 0.5) is 0 Å². The van der Waals surface area contributed by atoms with Gasteiger partial charge in [-0.2, -0.15) is 8.42 Å². The number of benzene rings is 2. The first-order chi connectivity index (χ1) is 11.4. The minimum Gasteiger partial charge on any atom is -0.462 e. The molecule has 0 aliphatic heterocycles. The van der Waals surface area contributed by atoms with Gasteiger partial charge in [-0.1, -0.05) is 31.0 Å². The van der Waals surface area contributed by atoms with Crippen LogP contribution in [0.15, 0.2) is 53.4 Å². The quantitative estimate of drug-likeness (QED) is 0.433. The smallest absolute Gasteiger partial charge is 0.339 e. The average molecular weight is 348 g/mol. The number of hydrogen-bond donors (Lipinski definition) is 0. The van der Waals surface area contributed by atoms with Gasteiger partial charge in [0.2, 0.25) is 0 Å². The first-order valence-electron chi connectivity index (χ1n) is 7.71. The summed E-state index contributed by atoms with van der Waals surface area (Å²) >= 11 is 0. The molecule has 0 radical (unpaired) electrons. The molecule has 2 aromatic rings. The molecule has 0 aromatic heterocycles. The standard InChI is InChI=1S/C18H20O5S/c1-3-4-13-22-18(19)15-7-9-16(10-8-15)23-24(20,21)17-11-5-14(2)6-12-17/h5-12H,3-4,13H2,1-2H3. The van der Waals surface area contributed by atoms with Crippen molar-refractivity contribution in [3.05, 3.63) is 59.7 Å². The van der Waals surface area contributed by atoms with Gasteiger partial charge in [-0.15, -0.1) is 0 Å². The second-order valence-electron chi connectivity index (χ2n) is 5.36. The number of ether oxygens (including phenoxy) is 1. The van der Waals surface area contributed by atoms with Gasteiger partial charge in [-0.3, -0.25) is 0 Å². The summed E-state index contributed by atoms with van der Waals surface area (Å²) in [7, 11) is -3.90. The zero-order valence-electron chi connectivity index (χ0n) is 13.7. The highest BCUT2D eigenvalue weighted by molar-refractivity contribution is 7.87.